The summed E-state index contributed by atoms with van der Waals surface area (Å²) in [6.07, 6.45) is 0. The molecule has 0 radical (unpaired) electrons. The van der Waals surface area contributed by atoms with E-state index in [0.29, 0.717) is 22.6 Å². The molecule has 7 heteroatoms. The van der Waals surface area contributed by atoms with Gasteiger partial charge in [-0.3, -0.25) is 0 Å². The molecule has 5 nitrogen and oxygen atoms in total. The maximum absolute atomic E-state index is 13.1. The molecule has 0 amide bonds. The lowest BCUT2D eigenvalue weighted by Gasteiger charge is -1.99. The largest absolute Gasteiger partial charge is 0.411 e. The van der Waals surface area contributed by atoms with Crippen LogP contribution in [0, 0.1) is 19.7 Å². The zero-order chi connectivity index (χ0) is 18.8. The molecule has 2 heterocycles. The Labute approximate surface area is 159 Å². The predicted octanol–water partition coefficient (Wildman–Crippen LogP) is 5.44. The highest BCUT2D eigenvalue weighted by atomic mass is 32.2. The van der Waals surface area contributed by atoms with E-state index in [-0.39, 0.29) is 5.82 Å². The Bertz CT molecular complexity index is 1070. The van der Waals surface area contributed by atoms with Gasteiger partial charge in [0.15, 0.2) is 5.76 Å². The van der Waals surface area contributed by atoms with Gasteiger partial charge in [-0.15, -0.1) is 10.2 Å². The van der Waals surface area contributed by atoms with Gasteiger partial charge in [0.1, 0.15) is 5.82 Å². The number of halogens is 1. The second kappa shape index (κ2) is 7.36. The first kappa shape index (κ1) is 17.5. The summed E-state index contributed by atoms with van der Waals surface area (Å²) in [6.45, 7) is 3.93. The van der Waals surface area contributed by atoms with Gasteiger partial charge in [0, 0.05) is 22.4 Å². The first-order valence-electron chi connectivity index (χ1n) is 8.35. The van der Waals surface area contributed by atoms with Crippen LogP contribution in [0.1, 0.15) is 16.8 Å². The zero-order valence-electron chi connectivity index (χ0n) is 14.8. The van der Waals surface area contributed by atoms with E-state index in [4.69, 9.17) is 8.94 Å². The average molecular weight is 381 g/mol. The number of rotatable bonds is 5. The van der Waals surface area contributed by atoms with Crippen molar-refractivity contribution in [2.75, 3.05) is 0 Å². The van der Waals surface area contributed by atoms with E-state index in [1.54, 1.807) is 12.1 Å². The lowest BCUT2D eigenvalue weighted by molar-refractivity contribution is 0.426. The van der Waals surface area contributed by atoms with Gasteiger partial charge in [0.2, 0.25) is 5.89 Å². The molecule has 0 N–H and O–H groups in total. The molecule has 0 spiro atoms. The molecule has 0 aliphatic heterocycles. The highest BCUT2D eigenvalue weighted by molar-refractivity contribution is 7.98. The standard InChI is InChI=1S/C20H16FN3O2S/c1-12-5-3-4-6-16(12)19-22-23-20(25-19)27-11-17-13(2)18(26-24-17)14-7-9-15(21)10-8-14/h3-10H,11H2,1-2H3. The molecule has 2 aromatic heterocycles. The van der Waals surface area contributed by atoms with Gasteiger partial charge >= 0.3 is 0 Å². The Morgan fingerprint density at radius 3 is 2.56 bits per heavy atom. The highest BCUT2D eigenvalue weighted by Gasteiger charge is 2.16. The minimum Gasteiger partial charge on any atom is -0.411 e. The van der Waals surface area contributed by atoms with Crippen LogP contribution in [-0.2, 0) is 5.75 Å². The molecular formula is C20H16FN3O2S. The molecule has 0 saturated heterocycles. The molecule has 0 saturated carbocycles. The number of aromatic nitrogens is 3. The van der Waals surface area contributed by atoms with Gasteiger partial charge in [-0.25, -0.2) is 4.39 Å². The normalized spacial score (nSPS) is 11.1. The Kier molecular flexibility index (Phi) is 4.77. The SMILES string of the molecule is Cc1ccccc1-c1nnc(SCc2noc(-c3ccc(F)cc3)c2C)o1. The van der Waals surface area contributed by atoms with Crippen LogP contribution in [0.25, 0.3) is 22.8 Å². The van der Waals surface area contributed by atoms with E-state index < -0.39 is 0 Å². The summed E-state index contributed by atoms with van der Waals surface area (Å²) in [6, 6.07) is 14.0. The summed E-state index contributed by atoms with van der Waals surface area (Å²) >= 11 is 1.40. The quantitative estimate of drug-likeness (QED) is 0.429. The maximum Gasteiger partial charge on any atom is 0.277 e. The number of aryl methyl sites for hydroxylation is 1. The first-order valence-corrected chi connectivity index (χ1v) is 9.34. The van der Waals surface area contributed by atoms with Gasteiger partial charge in [0.25, 0.3) is 5.22 Å². The van der Waals surface area contributed by atoms with Gasteiger partial charge < -0.3 is 8.94 Å². The van der Waals surface area contributed by atoms with Crippen molar-refractivity contribution in [2.45, 2.75) is 24.8 Å². The molecule has 0 bridgehead atoms. The molecule has 2 aromatic carbocycles. The molecular weight excluding hydrogens is 365 g/mol. The molecule has 0 unspecified atom stereocenters. The van der Waals surface area contributed by atoms with E-state index in [2.05, 4.69) is 15.4 Å². The van der Waals surface area contributed by atoms with Crippen LogP contribution in [0.5, 0.6) is 0 Å². The van der Waals surface area contributed by atoms with Crippen LogP contribution >= 0.6 is 11.8 Å². The molecule has 136 valence electrons. The summed E-state index contributed by atoms with van der Waals surface area (Å²) in [7, 11) is 0. The summed E-state index contributed by atoms with van der Waals surface area (Å²) in [5.74, 6) is 1.38. The lowest BCUT2D eigenvalue weighted by Crippen LogP contribution is -1.85. The Balaban J connectivity index is 1.48. The van der Waals surface area contributed by atoms with E-state index in [1.165, 1.54) is 23.9 Å². The second-order valence-corrected chi connectivity index (χ2v) is 6.99. The van der Waals surface area contributed by atoms with Gasteiger partial charge in [-0.2, -0.15) is 0 Å². The van der Waals surface area contributed by atoms with Crippen molar-refractivity contribution >= 4 is 11.8 Å². The Hall–Kier alpha value is -2.93. The molecule has 0 aliphatic carbocycles. The minimum atomic E-state index is -0.285. The average Bonchev–Trinajstić information content (AvgIpc) is 3.28. The van der Waals surface area contributed by atoms with Gasteiger partial charge in [0.05, 0.1) is 5.69 Å². The zero-order valence-corrected chi connectivity index (χ0v) is 15.6. The summed E-state index contributed by atoms with van der Waals surface area (Å²) < 4.78 is 24.3. The van der Waals surface area contributed by atoms with Crippen molar-refractivity contribution in [3.63, 3.8) is 0 Å². The molecule has 0 aliphatic rings. The van der Waals surface area contributed by atoms with Gasteiger partial charge in [-0.05, 0) is 49.7 Å². The van der Waals surface area contributed by atoms with E-state index in [1.807, 2.05) is 38.1 Å². The summed E-state index contributed by atoms with van der Waals surface area (Å²) in [5, 5.41) is 12.8. The van der Waals surface area contributed by atoms with Crippen molar-refractivity contribution in [3.8, 4) is 22.8 Å². The number of hydrogen-bond donors (Lipinski definition) is 0. The fraction of sp³-hybridized carbons (Fsp3) is 0.150. The van der Waals surface area contributed by atoms with Crippen LogP contribution in [0.3, 0.4) is 0 Å². The van der Waals surface area contributed by atoms with Crippen LogP contribution in [-0.4, -0.2) is 15.4 Å². The predicted molar refractivity (Wildman–Crippen MR) is 101 cm³/mol. The topological polar surface area (TPSA) is 65.0 Å². The van der Waals surface area contributed by atoms with Crippen LogP contribution in [0.4, 0.5) is 4.39 Å². The molecule has 0 fully saturated rings. The Morgan fingerprint density at radius 1 is 1.00 bits per heavy atom. The van der Waals surface area contributed by atoms with Gasteiger partial charge in [-0.1, -0.05) is 35.1 Å². The minimum absolute atomic E-state index is 0.285. The molecule has 4 aromatic rings. The lowest BCUT2D eigenvalue weighted by atomic mass is 10.1. The highest BCUT2D eigenvalue weighted by Crippen LogP contribution is 2.31. The number of benzene rings is 2. The van der Waals surface area contributed by atoms with Crippen LogP contribution in [0.2, 0.25) is 0 Å². The van der Waals surface area contributed by atoms with Crippen LogP contribution < -0.4 is 0 Å². The van der Waals surface area contributed by atoms with Crippen molar-refractivity contribution in [3.05, 3.63) is 71.2 Å². The first-order chi connectivity index (χ1) is 13.1. The second-order valence-electron chi connectivity index (χ2n) is 6.07. The maximum atomic E-state index is 13.1. The van der Waals surface area contributed by atoms with Crippen LogP contribution in [0.15, 0.2) is 62.7 Å². The van der Waals surface area contributed by atoms with Crippen molar-refractivity contribution in [1.82, 2.24) is 15.4 Å². The summed E-state index contributed by atoms with van der Waals surface area (Å²) in [4.78, 5) is 0. The third-order valence-electron chi connectivity index (χ3n) is 4.24. The number of nitrogens with zero attached hydrogens (tertiary/aromatic N) is 3. The van der Waals surface area contributed by atoms with E-state index >= 15 is 0 Å². The van der Waals surface area contributed by atoms with Crippen molar-refractivity contribution < 1.29 is 13.3 Å². The monoisotopic (exact) mass is 381 g/mol. The fourth-order valence-electron chi connectivity index (χ4n) is 2.69. The van der Waals surface area contributed by atoms with Crippen molar-refractivity contribution in [2.24, 2.45) is 0 Å². The van der Waals surface area contributed by atoms with Crippen molar-refractivity contribution in [1.29, 1.82) is 0 Å². The number of hydrogen-bond acceptors (Lipinski definition) is 6. The third-order valence-corrected chi connectivity index (χ3v) is 5.07. The fourth-order valence-corrected chi connectivity index (χ4v) is 3.46. The molecule has 4 rings (SSSR count). The summed E-state index contributed by atoms with van der Waals surface area (Å²) in [5.41, 5.74) is 4.49. The molecule has 0 atom stereocenters. The Morgan fingerprint density at radius 2 is 1.78 bits per heavy atom. The van der Waals surface area contributed by atoms with E-state index in [9.17, 15) is 4.39 Å². The number of thioether (sulfide) groups is 1. The third kappa shape index (κ3) is 3.64. The smallest absolute Gasteiger partial charge is 0.277 e. The van der Waals surface area contributed by atoms with E-state index in [0.717, 1.165) is 27.9 Å². The molecule has 27 heavy (non-hydrogen) atoms.